The van der Waals surface area contributed by atoms with Crippen molar-refractivity contribution in [3.63, 3.8) is 0 Å². The van der Waals surface area contributed by atoms with Crippen molar-refractivity contribution < 1.29 is 19.1 Å². The summed E-state index contributed by atoms with van der Waals surface area (Å²) in [5.74, 6) is 0.470. The lowest BCUT2D eigenvalue weighted by Gasteiger charge is -2.22. The Morgan fingerprint density at radius 2 is 1.68 bits per heavy atom. The van der Waals surface area contributed by atoms with Crippen molar-refractivity contribution in [2.75, 3.05) is 20.3 Å². The second-order valence-corrected chi connectivity index (χ2v) is 6.87. The molecule has 0 aliphatic rings. The molecule has 2 aromatic rings. The maximum atomic E-state index is 12.5. The Hall–Kier alpha value is -2.73. The molecule has 0 saturated carbocycles. The van der Waals surface area contributed by atoms with Crippen LogP contribution in [0.25, 0.3) is 0 Å². The van der Waals surface area contributed by atoms with Crippen LogP contribution in [0.3, 0.4) is 0 Å². The first-order valence-corrected chi connectivity index (χ1v) is 9.40. The van der Waals surface area contributed by atoms with E-state index in [1.165, 1.54) is 0 Å². The quantitative estimate of drug-likeness (QED) is 0.629. The summed E-state index contributed by atoms with van der Waals surface area (Å²) >= 11 is 6.06. The van der Waals surface area contributed by atoms with E-state index < -0.39 is 6.04 Å². The summed E-state index contributed by atoms with van der Waals surface area (Å²) in [4.78, 5) is 25.0. The molecule has 0 aromatic heterocycles. The van der Waals surface area contributed by atoms with Gasteiger partial charge in [0.1, 0.15) is 12.6 Å². The Labute approximate surface area is 170 Å². The third-order valence-corrected chi connectivity index (χ3v) is 4.41. The number of ether oxygens (including phenoxy) is 2. The zero-order valence-corrected chi connectivity index (χ0v) is 17.0. The highest BCUT2D eigenvalue weighted by Gasteiger charge is 2.25. The number of carbonyl (C=O) groups excluding carboxylic acids is 2. The van der Waals surface area contributed by atoms with Gasteiger partial charge in [-0.3, -0.25) is 9.59 Å². The molecular weight excluding hydrogens is 380 g/mol. The van der Waals surface area contributed by atoms with Crippen LogP contribution in [0.5, 0.6) is 11.5 Å². The van der Waals surface area contributed by atoms with Gasteiger partial charge in [0.2, 0.25) is 5.91 Å². The third-order valence-electron chi connectivity index (χ3n) is 4.08. The van der Waals surface area contributed by atoms with E-state index in [2.05, 4.69) is 10.6 Å². The molecule has 0 heterocycles. The van der Waals surface area contributed by atoms with E-state index in [1.807, 2.05) is 26.0 Å². The minimum Gasteiger partial charge on any atom is -0.493 e. The molecule has 2 aromatic carbocycles. The molecule has 150 valence electrons. The first kappa shape index (κ1) is 21.6. The molecule has 1 unspecified atom stereocenters. The number of halogens is 1. The first-order chi connectivity index (χ1) is 13.4. The fourth-order valence-electron chi connectivity index (χ4n) is 2.58. The van der Waals surface area contributed by atoms with E-state index in [9.17, 15) is 9.59 Å². The van der Waals surface area contributed by atoms with Crippen molar-refractivity contribution in [1.82, 2.24) is 10.6 Å². The van der Waals surface area contributed by atoms with E-state index in [0.717, 1.165) is 0 Å². The van der Waals surface area contributed by atoms with E-state index in [1.54, 1.807) is 43.5 Å². The third kappa shape index (κ3) is 5.89. The predicted octanol–water partition coefficient (Wildman–Crippen LogP) is 3.30. The van der Waals surface area contributed by atoms with Gasteiger partial charge < -0.3 is 20.1 Å². The number of rotatable bonds is 9. The molecule has 6 nitrogen and oxygen atoms in total. The number of hydrogen-bond donors (Lipinski definition) is 2. The maximum Gasteiger partial charge on any atom is 0.253 e. The molecule has 0 radical (unpaired) electrons. The molecular formula is C21H25ClN2O4. The average molecular weight is 405 g/mol. The number of para-hydroxylation sites is 2. The monoisotopic (exact) mass is 404 g/mol. The van der Waals surface area contributed by atoms with Crippen LogP contribution in [0.4, 0.5) is 0 Å². The first-order valence-electron chi connectivity index (χ1n) is 9.03. The second-order valence-electron chi connectivity index (χ2n) is 6.47. The smallest absolute Gasteiger partial charge is 0.253 e. The Kier molecular flexibility index (Phi) is 8.14. The van der Waals surface area contributed by atoms with E-state index in [0.29, 0.717) is 28.6 Å². The van der Waals surface area contributed by atoms with Crippen LogP contribution in [0.1, 0.15) is 24.2 Å². The zero-order valence-electron chi connectivity index (χ0n) is 16.2. The minimum absolute atomic E-state index is 0.0958. The predicted molar refractivity (Wildman–Crippen MR) is 109 cm³/mol. The fourth-order valence-corrected chi connectivity index (χ4v) is 2.80. The van der Waals surface area contributed by atoms with Gasteiger partial charge in [0, 0.05) is 0 Å². The van der Waals surface area contributed by atoms with E-state index in [-0.39, 0.29) is 24.3 Å². The number of methoxy groups -OCH3 is 1. The van der Waals surface area contributed by atoms with Crippen LogP contribution in [-0.4, -0.2) is 38.1 Å². The molecule has 0 spiro atoms. The van der Waals surface area contributed by atoms with Gasteiger partial charge in [0.15, 0.2) is 11.5 Å². The van der Waals surface area contributed by atoms with Crippen LogP contribution in [0.15, 0.2) is 48.5 Å². The van der Waals surface area contributed by atoms with Crippen molar-refractivity contribution >= 4 is 23.4 Å². The summed E-state index contributed by atoms with van der Waals surface area (Å²) in [5.41, 5.74) is 0.335. The van der Waals surface area contributed by atoms with E-state index >= 15 is 0 Å². The SMILES string of the molecule is COc1ccccc1OCCNC(=O)C(NC(=O)c1ccccc1Cl)C(C)C. The molecule has 1 atom stereocenters. The van der Waals surface area contributed by atoms with E-state index in [4.69, 9.17) is 21.1 Å². The lowest BCUT2D eigenvalue weighted by molar-refractivity contribution is -0.124. The number of hydrogen-bond acceptors (Lipinski definition) is 4. The average Bonchev–Trinajstić information content (AvgIpc) is 2.69. The van der Waals surface area contributed by atoms with Gasteiger partial charge in [-0.15, -0.1) is 0 Å². The van der Waals surface area contributed by atoms with Crippen molar-refractivity contribution in [3.05, 3.63) is 59.1 Å². The van der Waals surface area contributed by atoms with Crippen molar-refractivity contribution in [2.24, 2.45) is 5.92 Å². The summed E-state index contributed by atoms with van der Waals surface area (Å²) in [5, 5.41) is 5.89. The van der Waals surface area contributed by atoms with Crippen molar-refractivity contribution in [3.8, 4) is 11.5 Å². The Bertz CT molecular complexity index is 810. The molecule has 28 heavy (non-hydrogen) atoms. The van der Waals surface area contributed by atoms with Gasteiger partial charge in [-0.2, -0.15) is 0 Å². The van der Waals surface area contributed by atoms with Gasteiger partial charge in [-0.05, 0) is 30.2 Å². The van der Waals surface area contributed by atoms with Crippen molar-refractivity contribution in [1.29, 1.82) is 0 Å². The molecule has 0 fully saturated rings. The normalized spacial score (nSPS) is 11.6. The van der Waals surface area contributed by atoms with Gasteiger partial charge in [0.05, 0.1) is 24.2 Å². The summed E-state index contributed by atoms with van der Waals surface area (Å²) < 4.78 is 10.9. The molecule has 0 aliphatic carbocycles. The topological polar surface area (TPSA) is 76.7 Å². The number of amides is 2. The summed E-state index contributed by atoms with van der Waals surface area (Å²) in [6.07, 6.45) is 0. The highest BCUT2D eigenvalue weighted by Crippen LogP contribution is 2.25. The van der Waals surface area contributed by atoms with Crippen LogP contribution in [-0.2, 0) is 4.79 Å². The molecule has 2 N–H and O–H groups in total. The molecule has 2 amide bonds. The number of nitrogens with one attached hydrogen (secondary N) is 2. The highest BCUT2D eigenvalue weighted by atomic mass is 35.5. The summed E-state index contributed by atoms with van der Waals surface area (Å²) in [6, 6.07) is 13.3. The number of benzene rings is 2. The molecule has 2 rings (SSSR count). The fraction of sp³-hybridized carbons (Fsp3) is 0.333. The highest BCUT2D eigenvalue weighted by molar-refractivity contribution is 6.33. The van der Waals surface area contributed by atoms with Gasteiger partial charge in [0.25, 0.3) is 5.91 Å². The standard InChI is InChI=1S/C21H25ClN2O4/c1-14(2)19(24-20(25)15-8-4-5-9-16(15)22)21(26)23-12-13-28-18-11-7-6-10-17(18)27-3/h4-11,14,19H,12-13H2,1-3H3,(H,23,26)(H,24,25). The van der Waals surface area contributed by atoms with Crippen LogP contribution >= 0.6 is 11.6 Å². The summed E-state index contributed by atoms with van der Waals surface area (Å²) in [7, 11) is 1.57. The van der Waals surface area contributed by atoms with Gasteiger partial charge in [-0.25, -0.2) is 0 Å². The van der Waals surface area contributed by atoms with Gasteiger partial charge in [-0.1, -0.05) is 49.7 Å². The zero-order chi connectivity index (χ0) is 20.5. The number of carbonyl (C=O) groups is 2. The van der Waals surface area contributed by atoms with Crippen molar-refractivity contribution in [2.45, 2.75) is 19.9 Å². The van der Waals surface area contributed by atoms with Crippen LogP contribution in [0.2, 0.25) is 5.02 Å². The Morgan fingerprint density at radius 3 is 2.32 bits per heavy atom. The second kappa shape index (κ2) is 10.6. The Morgan fingerprint density at radius 1 is 1.04 bits per heavy atom. The summed E-state index contributed by atoms with van der Waals surface area (Å²) in [6.45, 7) is 4.29. The molecule has 0 aliphatic heterocycles. The van der Waals surface area contributed by atoms with Crippen LogP contribution < -0.4 is 20.1 Å². The lowest BCUT2D eigenvalue weighted by Crippen LogP contribution is -2.50. The lowest BCUT2D eigenvalue weighted by atomic mass is 10.0. The molecule has 0 saturated heterocycles. The largest absolute Gasteiger partial charge is 0.493 e. The minimum atomic E-state index is -0.685. The molecule has 7 heteroatoms. The van der Waals surface area contributed by atoms with Gasteiger partial charge >= 0.3 is 0 Å². The molecule has 0 bridgehead atoms. The maximum absolute atomic E-state index is 12.5. The van der Waals surface area contributed by atoms with Crippen LogP contribution in [0, 0.1) is 5.92 Å². The Balaban J connectivity index is 1.89.